The molecule has 0 amide bonds. The Morgan fingerprint density at radius 3 is 2.40 bits per heavy atom. The molecule has 2 nitrogen and oxygen atoms in total. The lowest BCUT2D eigenvalue weighted by Gasteiger charge is -2.15. The molecular weight excluding hydrogens is 270 g/mol. The van der Waals surface area contributed by atoms with Crippen LogP contribution in [0.1, 0.15) is 23.6 Å². The zero-order valence-corrected chi connectivity index (χ0v) is 12.2. The molecule has 0 aliphatic heterocycles. The SMILES string of the molecule is C=CC[C@H](N)c1ccccc1OCc1ccccc1.Cl. The minimum atomic E-state index is -0.0653. The largest absolute Gasteiger partial charge is 0.489 e. The average Bonchev–Trinajstić information content (AvgIpc) is 2.47. The van der Waals surface area contributed by atoms with Crippen LogP contribution in [0, 0.1) is 0 Å². The maximum absolute atomic E-state index is 6.12. The van der Waals surface area contributed by atoms with E-state index in [-0.39, 0.29) is 18.4 Å². The summed E-state index contributed by atoms with van der Waals surface area (Å²) in [5.41, 5.74) is 8.30. The molecule has 0 aliphatic rings. The Bertz CT molecular complexity index is 528. The molecule has 0 aromatic heterocycles. The van der Waals surface area contributed by atoms with Gasteiger partial charge in [-0.05, 0) is 18.1 Å². The Kier molecular flexibility index (Phi) is 6.85. The Morgan fingerprint density at radius 1 is 1.05 bits per heavy atom. The Hall–Kier alpha value is -1.77. The van der Waals surface area contributed by atoms with Gasteiger partial charge in [0.25, 0.3) is 0 Å². The van der Waals surface area contributed by atoms with Crippen LogP contribution >= 0.6 is 12.4 Å². The highest BCUT2D eigenvalue weighted by atomic mass is 35.5. The number of hydrogen-bond donors (Lipinski definition) is 1. The quantitative estimate of drug-likeness (QED) is 0.806. The van der Waals surface area contributed by atoms with E-state index >= 15 is 0 Å². The summed E-state index contributed by atoms with van der Waals surface area (Å²) in [6.45, 7) is 4.28. The van der Waals surface area contributed by atoms with Crippen molar-refractivity contribution < 1.29 is 4.74 Å². The number of rotatable bonds is 6. The third-order valence-corrected chi connectivity index (χ3v) is 2.98. The van der Waals surface area contributed by atoms with Gasteiger partial charge in [0.05, 0.1) is 0 Å². The van der Waals surface area contributed by atoms with Crippen LogP contribution in [0.25, 0.3) is 0 Å². The molecule has 0 heterocycles. The lowest BCUT2D eigenvalue weighted by Crippen LogP contribution is -2.11. The lowest BCUT2D eigenvalue weighted by molar-refractivity contribution is 0.301. The van der Waals surface area contributed by atoms with Crippen LogP contribution in [-0.2, 0) is 6.61 Å². The fourth-order valence-corrected chi connectivity index (χ4v) is 1.96. The van der Waals surface area contributed by atoms with Crippen molar-refractivity contribution in [2.75, 3.05) is 0 Å². The van der Waals surface area contributed by atoms with Crippen molar-refractivity contribution >= 4 is 12.4 Å². The monoisotopic (exact) mass is 289 g/mol. The molecule has 2 rings (SSSR count). The molecule has 0 aliphatic carbocycles. The number of nitrogens with two attached hydrogens (primary N) is 1. The summed E-state index contributed by atoms with van der Waals surface area (Å²) in [6, 6.07) is 18.0. The molecule has 0 unspecified atom stereocenters. The Labute approximate surface area is 126 Å². The minimum Gasteiger partial charge on any atom is -0.489 e. The highest BCUT2D eigenvalue weighted by molar-refractivity contribution is 5.85. The van der Waals surface area contributed by atoms with Crippen molar-refractivity contribution in [3.05, 3.63) is 78.4 Å². The topological polar surface area (TPSA) is 35.2 Å². The van der Waals surface area contributed by atoms with Crippen LogP contribution in [0.3, 0.4) is 0 Å². The molecule has 20 heavy (non-hydrogen) atoms. The molecule has 106 valence electrons. The molecule has 2 aromatic rings. The maximum Gasteiger partial charge on any atom is 0.124 e. The van der Waals surface area contributed by atoms with E-state index in [9.17, 15) is 0 Å². The first-order valence-corrected chi connectivity index (χ1v) is 6.43. The van der Waals surface area contributed by atoms with Crippen molar-refractivity contribution in [2.45, 2.75) is 19.1 Å². The number of para-hydroxylation sites is 1. The van der Waals surface area contributed by atoms with Crippen LogP contribution in [0.4, 0.5) is 0 Å². The van der Waals surface area contributed by atoms with Crippen LogP contribution in [0.5, 0.6) is 5.75 Å². The van der Waals surface area contributed by atoms with Gasteiger partial charge in [0, 0.05) is 11.6 Å². The van der Waals surface area contributed by atoms with E-state index in [4.69, 9.17) is 10.5 Å². The molecule has 0 bridgehead atoms. The molecular formula is C17H20ClNO. The molecule has 2 aromatic carbocycles. The third kappa shape index (κ3) is 4.41. The van der Waals surface area contributed by atoms with Crippen molar-refractivity contribution in [1.29, 1.82) is 0 Å². The summed E-state index contributed by atoms with van der Waals surface area (Å²) in [5.74, 6) is 0.848. The van der Waals surface area contributed by atoms with Crippen LogP contribution in [0.2, 0.25) is 0 Å². The van der Waals surface area contributed by atoms with Gasteiger partial charge in [-0.3, -0.25) is 0 Å². The predicted molar refractivity (Wildman–Crippen MR) is 86.2 cm³/mol. The van der Waals surface area contributed by atoms with Crippen molar-refractivity contribution in [2.24, 2.45) is 5.73 Å². The second-order valence-corrected chi connectivity index (χ2v) is 4.44. The highest BCUT2D eigenvalue weighted by Crippen LogP contribution is 2.26. The van der Waals surface area contributed by atoms with E-state index in [1.54, 1.807) is 0 Å². The number of benzene rings is 2. The lowest BCUT2D eigenvalue weighted by atomic mass is 10.0. The fourth-order valence-electron chi connectivity index (χ4n) is 1.96. The normalized spacial score (nSPS) is 11.2. The summed E-state index contributed by atoms with van der Waals surface area (Å²) in [4.78, 5) is 0. The first kappa shape index (κ1) is 16.3. The van der Waals surface area contributed by atoms with Gasteiger partial charge >= 0.3 is 0 Å². The summed E-state index contributed by atoms with van der Waals surface area (Å²) in [7, 11) is 0. The van der Waals surface area contributed by atoms with E-state index in [2.05, 4.69) is 6.58 Å². The van der Waals surface area contributed by atoms with E-state index in [0.717, 1.165) is 23.3 Å². The van der Waals surface area contributed by atoms with Crippen molar-refractivity contribution in [1.82, 2.24) is 0 Å². The molecule has 3 heteroatoms. The van der Waals surface area contributed by atoms with Gasteiger partial charge in [0.15, 0.2) is 0 Å². The number of ether oxygens (including phenoxy) is 1. The zero-order chi connectivity index (χ0) is 13.5. The number of halogens is 1. The van der Waals surface area contributed by atoms with Crippen molar-refractivity contribution in [3.8, 4) is 5.75 Å². The van der Waals surface area contributed by atoms with Crippen LogP contribution in [-0.4, -0.2) is 0 Å². The first-order chi connectivity index (χ1) is 9.31. The smallest absolute Gasteiger partial charge is 0.124 e. The van der Waals surface area contributed by atoms with Gasteiger partial charge < -0.3 is 10.5 Å². The summed E-state index contributed by atoms with van der Waals surface area (Å²) in [6.07, 6.45) is 2.57. The first-order valence-electron chi connectivity index (χ1n) is 6.43. The average molecular weight is 290 g/mol. The second-order valence-electron chi connectivity index (χ2n) is 4.44. The van der Waals surface area contributed by atoms with E-state index < -0.39 is 0 Å². The summed E-state index contributed by atoms with van der Waals surface area (Å²) in [5, 5.41) is 0. The van der Waals surface area contributed by atoms with Gasteiger partial charge in [-0.25, -0.2) is 0 Å². The van der Waals surface area contributed by atoms with E-state index in [1.165, 1.54) is 0 Å². The summed E-state index contributed by atoms with van der Waals surface area (Å²) >= 11 is 0. The van der Waals surface area contributed by atoms with Crippen LogP contribution < -0.4 is 10.5 Å². The van der Waals surface area contributed by atoms with Crippen LogP contribution in [0.15, 0.2) is 67.3 Å². The molecule has 0 saturated heterocycles. The molecule has 0 spiro atoms. The molecule has 0 saturated carbocycles. The number of hydrogen-bond acceptors (Lipinski definition) is 2. The third-order valence-electron chi connectivity index (χ3n) is 2.98. The van der Waals surface area contributed by atoms with E-state index in [0.29, 0.717) is 6.61 Å². The zero-order valence-electron chi connectivity index (χ0n) is 11.4. The standard InChI is InChI=1S/C17H19NO.ClH/c1-2-8-16(18)15-11-6-7-12-17(15)19-13-14-9-4-3-5-10-14;/h2-7,9-12,16H,1,8,13,18H2;1H/t16-;/m0./s1. The van der Waals surface area contributed by atoms with Gasteiger partial charge in [0.1, 0.15) is 12.4 Å². The Morgan fingerprint density at radius 2 is 1.70 bits per heavy atom. The predicted octanol–water partition coefficient (Wildman–Crippen LogP) is 4.26. The highest BCUT2D eigenvalue weighted by Gasteiger charge is 2.10. The summed E-state index contributed by atoms with van der Waals surface area (Å²) < 4.78 is 5.88. The van der Waals surface area contributed by atoms with Gasteiger partial charge in [-0.1, -0.05) is 54.6 Å². The maximum atomic E-state index is 6.12. The minimum absolute atomic E-state index is 0. The van der Waals surface area contributed by atoms with Gasteiger partial charge in [-0.15, -0.1) is 19.0 Å². The van der Waals surface area contributed by atoms with Crippen molar-refractivity contribution in [3.63, 3.8) is 0 Å². The fraction of sp³-hybridized carbons (Fsp3) is 0.176. The molecule has 1 atom stereocenters. The van der Waals surface area contributed by atoms with Gasteiger partial charge in [-0.2, -0.15) is 0 Å². The molecule has 2 N–H and O–H groups in total. The second kappa shape index (κ2) is 8.41. The molecule has 0 fully saturated rings. The Balaban J connectivity index is 0.00000200. The van der Waals surface area contributed by atoms with E-state index in [1.807, 2.05) is 60.7 Å². The molecule has 0 radical (unpaired) electrons. The van der Waals surface area contributed by atoms with Gasteiger partial charge in [0.2, 0.25) is 0 Å².